The first kappa shape index (κ1) is 28.2. The largest absolute Gasteiger partial charge is 0.507 e. The predicted molar refractivity (Wildman–Crippen MR) is 157 cm³/mol. The minimum Gasteiger partial charge on any atom is -0.507 e. The SMILES string of the molecule is CCCOc1ccc(/C(O)=C2/C(=O)C(=O)N(c3ccc(C(C)C)cc3)C2c2ccc(C(C)(C)C)cc2)cc1C. The Bertz CT molecular complexity index is 1390. The molecule has 1 unspecified atom stereocenters. The van der Waals surface area contributed by atoms with E-state index in [0.29, 0.717) is 23.8 Å². The molecule has 0 bridgehead atoms. The molecule has 1 saturated heterocycles. The Kier molecular flexibility index (Phi) is 8.01. The number of ether oxygens (including phenoxy) is 1. The zero-order valence-electron chi connectivity index (χ0n) is 24.0. The summed E-state index contributed by atoms with van der Waals surface area (Å²) in [4.78, 5) is 28.6. The normalized spacial score (nSPS) is 17.2. The third-order valence-corrected chi connectivity index (χ3v) is 7.28. The smallest absolute Gasteiger partial charge is 0.300 e. The van der Waals surface area contributed by atoms with Crippen molar-refractivity contribution in [1.29, 1.82) is 0 Å². The summed E-state index contributed by atoms with van der Waals surface area (Å²) in [6, 6.07) is 20.2. The Balaban J connectivity index is 1.87. The Morgan fingerprint density at radius 1 is 0.974 bits per heavy atom. The standard InChI is InChI=1S/C34H39NO4/c1-8-19-39-28-18-13-25(20-22(28)4)31(36)29-30(24-9-14-26(15-10-24)34(5,6)7)35(33(38)32(29)37)27-16-11-23(12-17-27)21(2)3/h9-18,20-21,30,36H,8,19H2,1-7H3/b31-29-. The van der Waals surface area contributed by atoms with Crippen LogP contribution < -0.4 is 9.64 Å². The number of hydrogen-bond acceptors (Lipinski definition) is 4. The van der Waals surface area contributed by atoms with Crippen LogP contribution in [0, 0.1) is 6.92 Å². The molecule has 1 amide bonds. The highest BCUT2D eigenvalue weighted by molar-refractivity contribution is 6.51. The van der Waals surface area contributed by atoms with E-state index in [4.69, 9.17) is 4.74 Å². The number of aliphatic hydroxyl groups is 1. The molecule has 0 radical (unpaired) electrons. The van der Waals surface area contributed by atoms with Gasteiger partial charge in [0.1, 0.15) is 11.5 Å². The van der Waals surface area contributed by atoms with E-state index < -0.39 is 17.7 Å². The highest BCUT2D eigenvalue weighted by Crippen LogP contribution is 2.43. The van der Waals surface area contributed by atoms with Gasteiger partial charge in [0.25, 0.3) is 11.7 Å². The number of carbonyl (C=O) groups excluding carboxylic acids is 2. The van der Waals surface area contributed by atoms with Gasteiger partial charge in [-0.05, 0) is 77.3 Å². The van der Waals surface area contributed by atoms with Crippen molar-refractivity contribution in [3.8, 4) is 5.75 Å². The number of ketones is 1. The first-order valence-corrected chi connectivity index (χ1v) is 13.7. The third-order valence-electron chi connectivity index (χ3n) is 7.28. The van der Waals surface area contributed by atoms with Gasteiger partial charge >= 0.3 is 0 Å². The summed E-state index contributed by atoms with van der Waals surface area (Å²) in [6.07, 6.45) is 0.886. The molecule has 0 aliphatic carbocycles. The Morgan fingerprint density at radius 2 is 1.62 bits per heavy atom. The quantitative estimate of drug-likeness (QED) is 0.194. The lowest BCUT2D eigenvalue weighted by Crippen LogP contribution is -2.29. The summed E-state index contributed by atoms with van der Waals surface area (Å²) in [5.41, 5.74) is 5.01. The minimum atomic E-state index is -0.764. The molecule has 1 aliphatic heterocycles. The second-order valence-electron chi connectivity index (χ2n) is 11.6. The monoisotopic (exact) mass is 525 g/mol. The number of Topliss-reactive ketones (excluding diaryl/α,β-unsaturated/α-hetero) is 1. The predicted octanol–water partition coefficient (Wildman–Crippen LogP) is 7.83. The summed E-state index contributed by atoms with van der Waals surface area (Å²) in [6.45, 7) is 15.2. The molecule has 3 aromatic rings. The van der Waals surface area contributed by atoms with Gasteiger partial charge in [-0.15, -0.1) is 0 Å². The number of benzene rings is 3. The molecule has 1 heterocycles. The van der Waals surface area contributed by atoms with E-state index in [0.717, 1.165) is 34.4 Å². The fourth-order valence-corrected chi connectivity index (χ4v) is 4.93. The number of rotatable bonds is 7. The van der Waals surface area contributed by atoms with Gasteiger partial charge in [0.2, 0.25) is 0 Å². The van der Waals surface area contributed by atoms with Crippen LogP contribution in [0.25, 0.3) is 5.76 Å². The van der Waals surface area contributed by atoms with Gasteiger partial charge in [-0.3, -0.25) is 14.5 Å². The van der Waals surface area contributed by atoms with Crippen LogP contribution in [0.5, 0.6) is 5.75 Å². The maximum atomic E-state index is 13.5. The molecular weight excluding hydrogens is 486 g/mol. The Labute approximate surface area is 232 Å². The summed E-state index contributed by atoms with van der Waals surface area (Å²) < 4.78 is 5.79. The van der Waals surface area contributed by atoms with Crippen LogP contribution in [0.15, 0.2) is 72.3 Å². The molecule has 0 saturated carbocycles. The average molecular weight is 526 g/mol. The minimum absolute atomic E-state index is 0.0495. The van der Waals surface area contributed by atoms with Crippen molar-refractivity contribution in [2.24, 2.45) is 0 Å². The number of carbonyl (C=O) groups is 2. The summed E-state index contributed by atoms with van der Waals surface area (Å²) in [5.74, 6) is -0.478. The van der Waals surface area contributed by atoms with Crippen molar-refractivity contribution in [3.63, 3.8) is 0 Å². The highest BCUT2D eigenvalue weighted by Gasteiger charge is 2.47. The average Bonchev–Trinajstić information content (AvgIpc) is 3.17. The van der Waals surface area contributed by atoms with E-state index in [1.165, 1.54) is 4.90 Å². The van der Waals surface area contributed by atoms with Crippen LogP contribution in [0.2, 0.25) is 0 Å². The van der Waals surface area contributed by atoms with Crippen LogP contribution in [0.3, 0.4) is 0 Å². The highest BCUT2D eigenvalue weighted by atomic mass is 16.5. The number of anilines is 1. The summed E-state index contributed by atoms with van der Waals surface area (Å²) >= 11 is 0. The molecule has 5 heteroatoms. The van der Waals surface area contributed by atoms with E-state index in [2.05, 4.69) is 34.6 Å². The summed E-state index contributed by atoms with van der Waals surface area (Å²) in [5, 5.41) is 11.5. The van der Waals surface area contributed by atoms with E-state index in [1.54, 1.807) is 18.2 Å². The molecule has 3 aromatic carbocycles. The second-order valence-corrected chi connectivity index (χ2v) is 11.6. The van der Waals surface area contributed by atoms with Crippen LogP contribution >= 0.6 is 0 Å². The molecule has 1 aliphatic rings. The molecule has 39 heavy (non-hydrogen) atoms. The Hall–Kier alpha value is -3.86. The van der Waals surface area contributed by atoms with E-state index in [-0.39, 0.29) is 16.7 Å². The molecule has 4 rings (SSSR count). The molecule has 1 atom stereocenters. The number of nitrogens with zero attached hydrogens (tertiary/aromatic N) is 1. The van der Waals surface area contributed by atoms with Crippen molar-refractivity contribution >= 4 is 23.1 Å². The molecule has 204 valence electrons. The lowest BCUT2D eigenvalue weighted by atomic mass is 9.85. The topological polar surface area (TPSA) is 66.8 Å². The lowest BCUT2D eigenvalue weighted by Gasteiger charge is -2.27. The van der Waals surface area contributed by atoms with Gasteiger partial charge in [-0.25, -0.2) is 0 Å². The number of amides is 1. The van der Waals surface area contributed by atoms with Gasteiger partial charge in [0.05, 0.1) is 18.2 Å². The molecule has 0 aromatic heterocycles. The fourth-order valence-electron chi connectivity index (χ4n) is 4.93. The van der Waals surface area contributed by atoms with Crippen molar-refractivity contribution < 1.29 is 19.4 Å². The maximum absolute atomic E-state index is 13.5. The lowest BCUT2D eigenvalue weighted by molar-refractivity contribution is -0.132. The van der Waals surface area contributed by atoms with Crippen molar-refractivity contribution in [2.75, 3.05) is 11.5 Å². The van der Waals surface area contributed by atoms with Gasteiger partial charge in [0.15, 0.2) is 0 Å². The third kappa shape index (κ3) is 5.63. The van der Waals surface area contributed by atoms with E-state index >= 15 is 0 Å². The first-order chi connectivity index (χ1) is 18.4. The number of hydrogen-bond donors (Lipinski definition) is 1. The van der Waals surface area contributed by atoms with E-state index in [9.17, 15) is 14.7 Å². The van der Waals surface area contributed by atoms with Crippen molar-refractivity contribution in [3.05, 3.63) is 100 Å². The number of aryl methyl sites for hydroxylation is 1. The zero-order chi connectivity index (χ0) is 28.5. The van der Waals surface area contributed by atoms with Crippen molar-refractivity contribution in [2.45, 2.75) is 72.3 Å². The molecular formula is C34H39NO4. The van der Waals surface area contributed by atoms with Crippen LogP contribution in [0.1, 0.15) is 87.7 Å². The van der Waals surface area contributed by atoms with E-state index in [1.807, 2.05) is 62.4 Å². The zero-order valence-corrected chi connectivity index (χ0v) is 24.0. The number of aliphatic hydroxyl groups excluding tert-OH is 1. The molecule has 5 nitrogen and oxygen atoms in total. The fraction of sp³-hybridized carbons (Fsp3) is 0.353. The van der Waals surface area contributed by atoms with Gasteiger partial charge < -0.3 is 9.84 Å². The summed E-state index contributed by atoms with van der Waals surface area (Å²) in [7, 11) is 0. The van der Waals surface area contributed by atoms with Gasteiger partial charge in [-0.2, -0.15) is 0 Å². The van der Waals surface area contributed by atoms with Gasteiger partial charge in [-0.1, -0.05) is 77.9 Å². The van der Waals surface area contributed by atoms with Crippen LogP contribution in [-0.2, 0) is 15.0 Å². The van der Waals surface area contributed by atoms with Gasteiger partial charge in [0, 0.05) is 11.3 Å². The van der Waals surface area contributed by atoms with Crippen LogP contribution in [0.4, 0.5) is 5.69 Å². The maximum Gasteiger partial charge on any atom is 0.300 e. The Morgan fingerprint density at radius 3 is 2.15 bits per heavy atom. The molecule has 1 N–H and O–H groups in total. The van der Waals surface area contributed by atoms with Crippen molar-refractivity contribution in [1.82, 2.24) is 0 Å². The van der Waals surface area contributed by atoms with Crippen LogP contribution in [-0.4, -0.2) is 23.4 Å². The second kappa shape index (κ2) is 11.1. The molecule has 0 spiro atoms. The first-order valence-electron chi connectivity index (χ1n) is 13.7. The molecule has 1 fully saturated rings.